The molecule has 0 bridgehead atoms. The van der Waals surface area contributed by atoms with Gasteiger partial charge in [0.2, 0.25) is 5.91 Å². The Hall–Kier alpha value is -2.36. The van der Waals surface area contributed by atoms with E-state index < -0.39 is 0 Å². The minimum atomic E-state index is 0.0637. The van der Waals surface area contributed by atoms with Crippen LogP contribution in [0.15, 0.2) is 48.8 Å². The number of rotatable bonds is 7. The van der Waals surface area contributed by atoms with Crippen LogP contribution < -0.4 is 10.1 Å². The lowest BCUT2D eigenvalue weighted by molar-refractivity contribution is -0.121. The van der Waals surface area contributed by atoms with Crippen LogP contribution in [-0.4, -0.2) is 24.5 Å². The Morgan fingerprint density at radius 3 is 2.81 bits per heavy atom. The number of benzene rings is 1. The second kappa shape index (κ2) is 8.04. The summed E-state index contributed by atoms with van der Waals surface area (Å²) >= 11 is 0. The first kappa shape index (κ1) is 15.0. The molecule has 4 nitrogen and oxygen atoms in total. The highest BCUT2D eigenvalue weighted by Gasteiger charge is 2.04. The van der Waals surface area contributed by atoms with Gasteiger partial charge in [-0.15, -0.1) is 0 Å². The molecule has 0 atom stereocenters. The van der Waals surface area contributed by atoms with E-state index in [0.717, 1.165) is 23.3 Å². The number of pyridine rings is 1. The molecule has 1 N–H and O–H groups in total. The van der Waals surface area contributed by atoms with Crippen molar-refractivity contribution in [1.82, 2.24) is 10.3 Å². The Morgan fingerprint density at radius 2 is 2.05 bits per heavy atom. The van der Waals surface area contributed by atoms with E-state index in [-0.39, 0.29) is 5.91 Å². The number of amides is 1. The molecule has 2 rings (SSSR count). The third-order valence-corrected chi connectivity index (χ3v) is 3.27. The van der Waals surface area contributed by atoms with Crippen molar-refractivity contribution in [3.8, 4) is 5.75 Å². The summed E-state index contributed by atoms with van der Waals surface area (Å²) in [7, 11) is 1.66. The summed E-state index contributed by atoms with van der Waals surface area (Å²) in [5.74, 6) is 0.927. The standard InChI is InChI=1S/C17H20N2O2/c1-21-16-7-3-2-6-15(16)10-12-19-17(20)9-8-14-5-4-11-18-13-14/h2-7,11,13H,8-10,12H2,1H3,(H,19,20). The van der Waals surface area contributed by atoms with Gasteiger partial charge in [-0.05, 0) is 36.1 Å². The smallest absolute Gasteiger partial charge is 0.220 e. The molecule has 0 unspecified atom stereocenters. The predicted octanol–water partition coefficient (Wildman–Crippen LogP) is 2.38. The average Bonchev–Trinajstić information content (AvgIpc) is 2.54. The van der Waals surface area contributed by atoms with Crippen LogP contribution in [0.4, 0.5) is 0 Å². The van der Waals surface area contributed by atoms with Crippen LogP contribution in [0, 0.1) is 0 Å². The number of nitrogens with zero attached hydrogens (tertiary/aromatic N) is 1. The van der Waals surface area contributed by atoms with Crippen LogP contribution in [0.25, 0.3) is 0 Å². The van der Waals surface area contributed by atoms with Gasteiger partial charge in [0.05, 0.1) is 7.11 Å². The van der Waals surface area contributed by atoms with E-state index in [4.69, 9.17) is 4.74 Å². The van der Waals surface area contributed by atoms with Gasteiger partial charge in [-0.3, -0.25) is 9.78 Å². The number of carbonyl (C=O) groups excluding carboxylic acids is 1. The number of aromatic nitrogens is 1. The van der Waals surface area contributed by atoms with Crippen molar-refractivity contribution in [1.29, 1.82) is 0 Å². The normalized spacial score (nSPS) is 10.1. The van der Waals surface area contributed by atoms with Crippen molar-refractivity contribution >= 4 is 5.91 Å². The number of methoxy groups -OCH3 is 1. The number of aryl methyl sites for hydroxylation is 1. The highest BCUT2D eigenvalue weighted by molar-refractivity contribution is 5.76. The molecule has 2 aromatic rings. The maximum atomic E-state index is 11.8. The number of nitrogens with one attached hydrogen (secondary N) is 1. The zero-order valence-corrected chi connectivity index (χ0v) is 12.2. The molecular weight excluding hydrogens is 264 g/mol. The molecule has 0 fully saturated rings. The Kier molecular flexibility index (Phi) is 5.76. The number of para-hydroxylation sites is 1. The molecule has 21 heavy (non-hydrogen) atoms. The van der Waals surface area contributed by atoms with E-state index in [1.54, 1.807) is 19.5 Å². The molecule has 0 saturated carbocycles. The Morgan fingerprint density at radius 1 is 1.19 bits per heavy atom. The largest absolute Gasteiger partial charge is 0.496 e. The van der Waals surface area contributed by atoms with E-state index in [1.165, 1.54) is 0 Å². The molecule has 0 aliphatic heterocycles. The number of hydrogen-bond donors (Lipinski definition) is 1. The molecule has 0 spiro atoms. The van der Waals surface area contributed by atoms with Crippen molar-refractivity contribution in [3.63, 3.8) is 0 Å². The molecule has 1 aromatic heterocycles. The molecule has 0 aliphatic rings. The van der Waals surface area contributed by atoms with Crippen LogP contribution in [0.5, 0.6) is 5.75 Å². The van der Waals surface area contributed by atoms with Crippen molar-refractivity contribution < 1.29 is 9.53 Å². The fraction of sp³-hybridized carbons (Fsp3) is 0.294. The molecular formula is C17H20N2O2. The molecule has 0 saturated heterocycles. The second-order valence-electron chi connectivity index (χ2n) is 4.77. The second-order valence-corrected chi connectivity index (χ2v) is 4.77. The molecule has 110 valence electrons. The molecule has 1 heterocycles. The van der Waals surface area contributed by atoms with Crippen LogP contribution in [0.3, 0.4) is 0 Å². The summed E-state index contributed by atoms with van der Waals surface area (Å²) in [4.78, 5) is 15.8. The van der Waals surface area contributed by atoms with Crippen molar-refractivity contribution in [3.05, 3.63) is 59.9 Å². The minimum Gasteiger partial charge on any atom is -0.496 e. The van der Waals surface area contributed by atoms with Gasteiger partial charge in [0.25, 0.3) is 0 Å². The molecule has 0 aliphatic carbocycles. The van der Waals surface area contributed by atoms with Crippen LogP contribution in [-0.2, 0) is 17.6 Å². The maximum absolute atomic E-state index is 11.8. The lowest BCUT2D eigenvalue weighted by Crippen LogP contribution is -2.26. The fourth-order valence-electron chi connectivity index (χ4n) is 2.14. The molecule has 0 radical (unpaired) electrons. The highest BCUT2D eigenvalue weighted by Crippen LogP contribution is 2.17. The maximum Gasteiger partial charge on any atom is 0.220 e. The van der Waals surface area contributed by atoms with Crippen LogP contribution in [0.2, 0.25) is 0 Å². The predicted molar refractivity (Wildman–Crippen MR) is 82.3 cm³/mol. The summed E-state index contributed by atoms with van der Waals surface area (Å²) in [6.45, 7) is 0.617. The fourth-order valence-corrected chi connectivity index (χ4v) is 2.14. The zero-order chi connectivity index (χ0) is 14.9. The van der Waals surface area contributed by atoms with Gasteiger partial charge in [0.1, 0.15) is 5.75 Å². The lowest BCUT2D eigenvalue weighted by atomic mass is 10.1. The molecule has 1 aromatic carbocycles. The van der Waals surface area contributed by atoms with Gasteiger partial charge in [0, 0.05) is 25.4 Å². The lowest BCUT2D eigenvalue weighted by Gasteiger charge is -2.09. The van der Waals surface area contributed by atoms with E-state index in [0.29, 0.717) is 19.4 Å². The van der Waals surface area contributed by atoms with Crippen LogP contribution in [0.1, 0.15) is 17.5 Å². The first-order chi connectivity index (χ1) is 10.3. The summed E-state index contributed by atoms with van der Waals surface area (Å²) in [6, 6.07) is 11.7. The van der Waals surface area contributed by atoms with E-state index in [9.17, 15) is 4.79 Å². The van der Waals surface area contributed by atoms with Gasteiger partial charge in [-0.25, -0.2) is 0 Å². The third-order valence-electron chi connectivity index (χ3n) is 3.27. The van der Waals surface area contributed by atoms with Gasteiger partial charge in [0.15, 0.2) is 0 Å². The van der Waals surface area contributed by atoms with Crippen molar-refractivity contribution in [2.45, 2.75) is 19.3 Å². The topological polar surface area (TPSA) is 51.2 Å². The minimum absolute atomic E-state index is 0.0637. The summed E-state index contributed by atoms with van der Waals surface area (Å²) in [6.07, 6.45) is 5.49. The third kappa shape index (κ3) is 4.91. The van der Waals surface area contributed by atoms with Gasteiger partial charge in [-0.2, -0.15) is 0 Å². The SMILES string of the molecule is COc1ccccc1CCNC(=O)CCc1cccnc1. The van der Waals surface area contributed by atoms with E-state index in [2.05, 4.69) is 10.3 Å². The summed E-state index contributed by atoms with van der Waals surface area (Å²) in [5.41, 5.74) is 2.19. The molecule has 4 heteroatoms. The zero-order valence-electron chi connectivity index (χ0n) is 12.2. The highest BCUT2D eigenvalue weighted by atomic mass is 16.5. The Labute approximate surface area is 125 Å². The van der Waals surface area contributed by atoms with Crippen molar-refractivity contribution in [2.75, 3.05) is 13.7 Å². The van der Waals surface area contributed by atoms with Crippen LogP contribution >= 0.6 is 0 Å². The van der Waals surface area contributed by atoms with Gasteiger partial charge < -0.3 is 10.1 Å². The Bertz CT molecular complexity index is 570. The first-order valence-corrected chi connectivity index (χ1v) is 7.07. The molecule has 1 amide bonds. The first-order valence-electron chi connectivity index (χ1n) is 7.07. The summed E-state index contributed by atoms with van der Waals surface area (Å²) < 4.78 is 5.29. The number of carbonyl (C=O) groups is 1. The van der Waals surface area contributed by atoms with Gasteiger partial charge in [-0.1, -0.05) is 24.3 Å². The quantitative estimate of drug-likeness (QED) is 0.849. The van der Waals surface area contributed by atoms with Gasteiger partial charge >= 0.3 is 0 Å². The number of ether oxygens (including phenoxy) is 1. The van der Waals surface area contributed by atoms with E-state index >= 15 is 0 Å². The monoisotopic (exact) mass is 284 g/mol. The summed E-state index contributed by atoms with van der Waals surface area (Å²) in [5, 5.41) is 2.94. The Balaban J connectivity index is 1.72. The average molecular weight is 284 g/mol. The number of hydrogen-bond acceptors (Lipinski definition) is 3. The van der Waals surface area contributed by atoms with Crippen molar-refractivity contribution in [2.24, 2.45) is 0 Å². The van der Waals surface area contributed by atoms with E-state index in [1.807, 2.05) is 36.4 Å².